The first-order valence-corrected chi connectivity index (χ1v) is 4.01. The van der Waals surface area contributed by atoms with Crippen LogP contribution in [0.4, 0.5) is 5.69 Å². The second-order valence-electron chi connectivity index (χ2n) is 2.77. The summed E-state index contributed by atoms with van der Waals surface area (Å²) < 4.78 is 5.11. The second kappa shape index (κ2) is 3.23. The number of nitrogens with two attached hydrogens (primary N) is 1. The van der Waals surface area contributed by atoms with Crippen LogP contribution in [-0.2, 0) is 0 Å². The van der Waals surface area contributed by atoms with E-state index in [1.54, 1.807) is 24.3 Å². The van der Waals surface area contributed by atoms with Gasteiger partial charge < -0.3 is 10.2 Å². The number of nitrogen functional groups attached to an aromatic ring is 1. The van der Waals surface area contributed by atoms with E-state index in [-0.39, 0.29) is 5.69 Å². The number of hydrogen-bond acceptors (Lipinski definition) is 4. The van der Waals surface area contributed by atoms with Gasteiger partial charge in [-0.3, -0.25) is 0 Å². The molecular formula is C10H7N3O. The van der Waals surface area contributed by atoms with Crippen molar-refractivity contribution < 1.29 is 4.42 Å². The maximum Gasteiger partial charge on any atom is 0.227 e. The summed E-state index contributed by atoms with van der Waals surface area (Å²) in [5.74, 6) is 0.432. The van der Waals surface area contributed by atoms with Gasteiger partial charge in [0.05, 0.1) is 0 Å². The molecule has 1 aromatic carbocycles. The third-order valence-corrected chi connectivity index (χ3v) is 1.78. The molecule has 0 atom stereocenters. The molecule has 2 N–H and O–H groups in total. The van der Waals surface area contributed by atoms with E-state index in [1.807, 2.05) is 6.07 Å². The molecule has 0 aliphatic rings. The highest BCUT2D eigenvalue weighted by molar-refractivity contribution is 5.57. The maximum atomic E-state index is 8.55. The molecule has 0 saturated heterocycles. The highest BCUT2D eigenvalue weighted by Gasteiger charge is 2.04. The van der Waals surface area contributed by atoms with Crippen LogP contribution >= 0.6 is 0 Å². The Hall–Kier alpha value is -2.28. The molecule has 0 aliphatic heterocycles. The van der Waals surface area contributed by atoms with Crippen molar-refractivity contribution in [3.8, 4) is 17.5 Å². The number of nitrogens with zero attached hydrogens (tertiary/aromatic N) is 2. The summed E-state index contributed by atoms with van der Waals surface area (Å²) in [6, 6.07) is 9.00. The Morgan fingerprint density at radius 2 is 2.00 bits per heavy atom. The van der Waals surface area contributed by atoms with Gasteiger partial charge in [-0.1, -0.05) is 0 Å². The lowest BCUT2D eigenvalue weighted by Gasteiger charge is -1.94. The van der Waals surface area contributed by atoms with Crippen molar-refractivity contribution in [2.24, 2.45) is 0 Å². The first-order valence-electron chi connectivity index (χ1n) is 4.01. The molecule has 0 spiro atoms. The van der Waals surface area contributed by atoms with E-state index in [1.165, 1.54) is 6.26 Å². The molecule has 2 rings (SSSR count). The number of anilines is 1. The van der Waals surface area contributed by atoms with Crippen molar-refractivity contribution in [3.63, 3.8) is 0 Å². The first kappa shape index (κ1) is 8.32. The Labute approximate surface area is 80.6 Å². The molecule has 0 unspecified atom stereocenters. The molecular weight excluding hydrogens is 178 g/mol. The highest BCUT2D eigenvalue weighted by atomic mass is 16.3. The summed E-state index contributed by atoms with van der Waals surface area (Å²) in [5, 5.41) is 8.55. The molecule has 0 amide bonds. The van der Waals surface area contributed by atoms with Gasteiger partial charge >= 0.3 is 0 Å². The van der Waals surface area contributed by atoms with Gasteiger partial charge in [-0.15, -0.1) is 0 Å². The Morgan fingerprint density at radius 3 is 2.57 bits per heavy atom. The van der Waals surface area contributed by atoms with Crippen molar-refractivity contribution in [2.75, 3.05) is 5.73 Å². The minimum Gasteiger partial charge on any atom is -0.443 e. The fraction of sp³-hybridized carbons (Fsp3) is 0. The second-order valence-corrected chi connectivity index (χ2v) is 2.77. The largest absolute Gasteiger partial charge is 0.443 e. The van der Waals surface area contributed by atoms with Crippen molar-refractivity contribution in [2.45, 2.75) is 0 Å². The summed E-state index contributed by atoms with van der Waals surface area (Å²) in [5.41, 5.74) is 7.30. The fourth-order valence-corrected chi connectivity index (χ4v) is 1.08. The van der Waals surface area contributed by atoms with Gasteiger partial charge in [0, 0.05) is 11.3 Å². The Balaban J connectivity index is 2.40. The molecule has 0 saturated carbocycles. The van der Waals surface area contributed by atoms with Gasteiger partial charge in [0.25, 0.3) is 0 Å². The highest BCUT2D eigenvalue weighted by Crippen LogP contribution is 2.19. The number of hydrogen-bond donors (Lipinski definition) is 1. The van der Waals surface area contributed by atoms with Crippen LogP contribution in [0.2, 0.25) is 0 Å². The molecule has 1 heterocycles. The smallest absolute Gasteiger partial charge is 0.227 e. The minimum atomic E-state index is 0.275. The summed E-state index contributed by atoms with van der Waals surface area (Å²) in [6.45, 7) is 0. The molecule has 68 valence electrons. The van der Waals surface area contributed by atoms with Crippen LogP contribution in [0.5, 0.6) is 0 Å². The molecule has 1 aromatic heterocycles. The lowest BCUT2D eigenvalue weighted by Crippen LogP contribution is -1.84. The monoisotopic (exact) mass is 185 g/mol. The van der Waals surface area contributed by atoms with Crippen LogP contribution in [0, 0.1) is 11.3 Å². The predicted octanol–water partition coefficient (Wildman–Crippen LogP) is 1.80. The topological polar surface area (TPSA) is 75.8 Å². The van der Waals surface area contributed by atoms with Crippen LogP contribution in [0.3, 0.4) is 0 Å². The van der Waals surface area contributed by atoms with E-state index in [2.05, 4.69) is 4.98 Å². The zero-order valence-corrected chi connectivity index (χ0v) is 7.27. The SMILES string of the molecule is N#Cc1coc(-c2ccc(N)cc2)n1. The van der Waals surface area contributed by atoms with Crippen molar-refractivity contribution >= 4 is 5.69 Å². The lowest BCUT2D eigenvalue weighted by atomic mass is 10.2. The van der Waals surface area contributed by atoms with E-state index < -0.39 is 0 Å². The van der Waals surface area contributed by atoms with Crippen molar-refractivity contribution in [3.05, 3.63) is 36.2 Å². The molecule has 0 aliphatic carbocycles. The van der Waals surface area contributed by atoms with Crippen LogP contribution in [-0.4, -0.2) is 4.98 Å². The molecule has 4 nitrogen and oxygen atoms in total. The molecule has 4 heteroatoms. The third-order valence-electron chi connectivity index (χ3n) is 1.78. The Morgan fingerprint density at radius 1 is 1.29 bits per heavy atom. The van der Waals surface area contributed by atoms with Gasteiger partial charge in [-0.05, 0) is 24.3 Å². The summed E-state index contributed by atoms with van der Waals surface area (Å²) in [7, 11) is 0. The maximum absolute atomic E-state index is 8.55. The van der Waals surface area contributed by atoms with Gasteiger partial charge in [0.15, 0.2) is 5.69 Å². The third kappa shape index (κ3) is 1.43. The van der Waals surface area contributed by atoms with Crippen molar-refractivity contribution in [1.29, 1.82) is 5.26 Å². The molecule has 0 bridgehead atoms. The summed E-state index contributed by atoms with van der Waals surface area (Å²) >= 11 is 0. The normalized spacial score (nSPS) is 9.64. The zero-order valence-electron chi connectivity index (χ0n) is 7.27. The molecule has 0 radical (unpaired) electrons. The van der Waals surface area contributed by atoms with Crippen LogP contribution in [0.15, 0.2) is 34.9 Å². The fourth-order valence-electron chi connectivity index (χ4n) is 1.08. The standard InChI is InChI=1S/C10H7N3O/c11-5-9-6-14-10(13-9)7-1-3-8(12)4-2-7/h1-4,6H,12H2. The van der Waals surface area contributed by atoms with E-state index in [0.717, 1.165) is 5.56 Å². The summed E-state index contributed by atoms with van der Waals surface area (Å²) in [6.07, 6.45) is 1.33. The van der Waals surface area contributed by atoms with E-state index in [0.29, 0.717) is 11.6 Å². The number of benzene rings is 1. The van der Waals surface area contributed by atoms with Gasteiger partial charge in [-0.2, -0.15) is 10.2 Å². The Kier molecular flexibility index (Phi) is 1.92. The van der Waals surface area contributed by atoms with Crippen LogP contribution < -0.4 is 5.73 Å². The average Bonchev–Trinajstić information content (AvgIpc) is 2.67. The number of aromatic nitrogens is 1. The average molecular weight is 185 g/mol. The van der Waals surface area contributed by atoms with E-state index in [4.69, 9.17) is 15.4 Å². The van der Waals surface area contributed by atoms with Crippen LogP contribution in [0.1, 0.15) is 5.69 Å². The quantitative estimate of drug-likeness (QED) is 0.687. The van der Waals surface area contributed by atoms with Gasteiger partial charge in [0.2, 0.25) is 5.89 Å². The first-order chi connectivity index (χ1) is 6.79. The number of oxazole rings is 1. The van der Waals surface area contributed by atoms with E-state index >= 15 is 0 Å². The molecule has 2 aromatic rings. The number of rotatable bonds is 1. The van der Waals surface area contributed by atoms with Crippen molar-refractivity contribution in [1.82, 2.24) is 4.98 Å². The van der Waals surface area contributed by atoms with Crippen LogP contribution in [0.25, 0.3) is 11.5 Å². The lowest BCUT2D eigenvalue weighted by molar-refractivity contribution is 0.574. The predicted molar refractivity (Wildman–Crippen MR) is 51.1 cm³/mol. The summed E-state index contributed by atoms with van der Waals surface area (Å²) in [4.78, 5) is 3.96. The molecule has 0 fully saturated rings. The van der Waals surface area contributed by atoms with E-state index in [9.17, 15) is 0 Å². The number of nitriles is 1. The van der Waals surface area contributed by atoms with Gasteiger partial charge in [-0.25, -0.2) is 0 Å². The molecule has 14 heavy (non-hydrogen) atoms. The zero-order chi connectivity index (χ0) is 9.97. The van der Waals surface area contributed by atoms with Gasteiger partial charge in [0.1, 0.15) is 12.3 Å². The minimum absolute atomic E-state index is 0.275. The Bertz CT molecular complexity index is 479.